The maximum absolute atomic E-state index is 14.0. The summed E-state index contributed by atoms with van der Waals surface area (Å²) in [6.45, 7) is 4.13. The van der Waals surface area contributed by atoms with E-state index in [0.29, 0.717) is 18.5 Å². The average molecular weight is 372 g/mol. The number of carbonyl (C=O) groups excluding carboxylic acids is 1. The summed E-state index contributed by atoms with van der Waals surface area (Å²) in [5.41, 5.74) is 3.38. The zero-order valence-electron chi connectivity index (χ0n) is 15.0. The third kappa shape index (κ3) is 4.05. The number of aromatic nitrogens is 1. The molecule has 1 amide bonds. The lowest BCUT2D eigenvalue weighted by Gasteiger charge is -2.05. The predicted octanol–water partition coefficient (Wildman–Crippen LogP) is 4.57. The Morgan fingerprint density at radius 2 is 1.89 bits per heavy atom. The number of fused-ring (bicyclic) bond motifs is 1. The van der Waals surface area contributed by atoms with Gasteiger partial charge >= 0.3 is 0 Å². The van der Waals surface area contributed by atoms with E-state index < -0.39 is 11.6 Å². The van der Waals surface area contributed by atoms with Crippen LogP contribution in [0.5, 0.6) is 0 Å². The van der Waals surface area contributed by atoms with Gasteiger partial charge in [-0.05, 0) is 55.7 Å². The molecule has 3 nitrogen and oxygen atoms in total. The summed E-state index contributed by atoms with van der Waals surface area (Å²) in [5, 5.41) is 3.56. The Kier molecular flexibility index (Phi) is 5.35. The van der Waals surface area contributed by atoms with Gasteiger partial charge in [0.1, 0.15) is 17.5 Å². The normalized spacial score (nSPS) is 11.4. The van der Waals surface area contributed by atoms with E-state index >= 15 is 0 Å². The largest absolute Gasteiger partial charge is 0.356 e. The number of hydrogen-bond acceptors (Lipinski definition) is 1. The molecule has 0 aliphatic heterocycles. The molecule has 2 aromatic carbocycles. The number of carbonyl (C=O) groups is 1. The highest BCUT2D eigenvalue weighted by atomic mass is 19.1. The van der Waals surface area contributed by atoms with Crippen LogP contribution in [0.4, 0.5) is 13.2 Å². The van der Waals surface area contributed by atoms with Gasteiger partial charge < -0.3 is 10.3 Å². The molecule has 0 saturated heterocycles. The molecule has 0 atom stereocenters. The number of aromatic amines is 1. The summed E-state index contributed by atoms with van der Waals surface area (Å²) in [5.74, 6) is -2.10. The molecule has 0 bridgehead atoms. The fourth-order valence-electron chi connectivity index (χ4n) is 3.13. The third-order valence-corrected chi connectivity index (χ3v) is 4.48. The monoisotopic (exact) mass is 372 g/mol. The number of halogens is 3. The highest BCUT2D eigenvalue weighted by Crippen LogP contribution is 2.27. The Bertz CT molecular complexity index is 1040. The topological polar surface area (TPSA) is 44.9 Å². The molecule has 0 radical (unpaired) electrons. The van der Waals surface area contributed by atoms with Gasteiger partial charge in [-0.3, -0.25) is 4.79 Å². The van der Waals surface area contributed by atoms with Crippen molar-refractivity contribution in [2.75, 3.05) is 6.54 Å². The maximum atomic E-state index is 14.0. The number of H-pyrrole nitrogens is 1. The van der Waals surface area contributed by atoms with Gasteiger partial charge in [-0.15, -0.1) is 0 Å². The summed E-state index contributed by atoms with van der Waals surface area (Å²) < 4.78 is 40.4. The molecule has 3 aromatic rings. The van der Waals surface area contributed by atoms with Crippen LogP contribution in [0.25, 0.3) is 17.0 Å². The summed E-state index contributed by atoms with van der Waals surface area (Å²) in [7, 11) is 0. The van der Waals surface area contributed by atoms with Crippen LogP contribution in [0.1, 0.15) is 22.4 Å². The van der Waals surface area contributed by atoms with Gasteiger partial charge in [0.25, 0.3) is 0 Å². The Hall–Kier alpha value is -3.02. The fourth-order valence-corrected chi connectivity index (χ4v) is 3.13. The number of aryl methyl sites for hydroxylation is 2. The van der Waals surface area contributed by atoms with Crippen LogP contribution in [0, 0.1) is 31.3 Å². The summed E-state index contributed by atoms with van der Waals surface area (Å²) in [6, 6.07) is 6.31. The Morgan fingerprint density at radius 3 is 2.63 bits per heavy atom. The lowest BCUT2D eigenvalue weighted by molar-refractivity contribution is -0.116. The van der Waals surface area contributed by atoms with Crippen LogP contribution in [-0.2, 0) is 11.2 Å². The van der Waals surface area contributed by atoms with Crippen LogP contribution in [-0.4, -0.2) is 17.4 Å². The first-order valence-corrected chi connectivity index (χ1v) is 8.54. The van der Waals surface area contributed by atoms with Crippen LogP contribution in [0.2, 0.25) is 0 Å². The SMILES string of the molecule is Cc1[nH]c2c(F)ccc(C)c2c1CCNC(=O)/C=C/c1ccc(F)cc1F. The molecule has 0 spiro atoms. The van der Waals surface area contributed by atoms with Crippen LogP contribution < -0.4 is 5.32 Å². The standard InChI is InChI=1S/C21H19F3N2O/c1-12-3-7-17(23)21-20(12)16(13(2)26-21)9-10-25-19(27)8-5-14-4-6-15(22)11-18(14)24/h3-8,11,26H,9-10H2,1-2H3,(H,25,27)/b8-5+. The maximum Gasteiger partial charge on any atom is 0.244 e. The molecule has 6 heteroatoms. The van der Waals surface area contributed by atoms with Gasteiger partial charge in [0.15, 0.2) is 0 Å². The molecule has 0 aliphatic rings. The number of benzene rings is 2. The van der Waals surface area contributed by atoms with E-state index in [9.17, 15) is 18.0 Å². The van der Waals surface area contributed by atoms with Gasteiger partial charge in [-0.1, -0.05) is 6.07 Å². The molecule has 2 N–H and O–H groups in total. The van der Waals surface area contributed by atoms with E-state index in [0.717, 1.165) is 34.3 Å². The van der Waals surface area contributed by atoms with Crippen LogP contribution in [0.3, 0.4) is 0 Å². The minimum Gasteiger partial charge on any atom is -0.356 e. The summed E-state index contributed by atoms with van der Waals surface area (Å²) in [4.78, 5) is 15.0. The average Bonchev–Trinajstić information content (AvgIpc) is 2.95. The van der Waals surface area contributed by atoms with Crippen molar-refractivity contribution in [3.8, 4) is 0 Å². The molecule has 0 saturated carbocycles. The number of hydrogen-bond donors (Lipinski definition) is 2. The first kappa shape index (κ1) is 18.8. The van der Waals surface area contributed by atoms with E-state index in [1.807, 2.05) is 13.8 Å². The fraction of sp³-hybridized carbons (Fsp3) is 0.190. The van der Waals surface area contributed by atoms with E-state index in [2.05, 4.69) is 10.3 Å². The third-order valence-electron chi connectivity index (χ3n) is 4.48. The molecule has 27 heavy (non-hydrogen) atoms. The van der Waals surface area contributed by atoms with Crippen molar-refractivity contribution in [1.29, 1.82) is 0 Å². The molecular weight excluding hydrogens is 353 g/mol. The smallest absolute Gasteiger partial charge is 0.244 e. The molecule has 140 valence electrons. The minimum absolute atomic E-state index is 0.130. The number of amides is 1. The van der Waals surface area contributed by atoms with Gasteiger partial charge in [0, 0.05) is 35.3 Å². The van der Waals surface area contributed by atoms with Gasteiger partial charge in [0.05, 0.1) is 5.52 Å². The zero-order chi connectivity index (χ0) is 19.6. The van der Waals surface area contributed by atoms with Crippen molar-refractivity contribution in [3.05, 3.63) is 76.2 Å². The minimum atomic E-state index is -0.731. The number of nitrogens with one attached hydrogen (secondary N) is 2. The first-order chi connectivity index (χ1) is 12.9. The summed E-state index contributed by atoms with van der Waals surface area (Å²) in [6.07, 6.45) is 3.02. The van der Waals surface area contributed by atoms with Crippen LogP contribution in [0.15, 0.2) is 36.4 Å². The van der Waals surface area contributed by atoms with Crippen molar-refractivity contribution in [2.45, 2.75) is 20.3 Å². The second-order valence-electron chi connectivity index (χ2n) is 6.38. The highest BCUT2D eigenvalue weighted by Gasteiger charge is 2.13. The Morgan fingerprint density at radius 1 is 1.11 bits per heavy atom. The highest BCUT2D eigenvalue weighted by molar-refractivity contribution is 5.92. The molecule has 0 fully saturated rings. The second-order valence-corrected chi connectivity index (χ2v) is 6.38. The van der Waals surface area contributed by atoms with Crippen molar-refractivity contribution in [3.63, 3.8) is 0 Å². The van der Waals surface area contributed by atoms with Crippen molar-refractivity contribution >= 4 is 22.9 Å². The molecule has 1 heterocycles. The van der Waals surface area contributed by atoms with Crippen molar-refractivity contribution < 1.29 is 18.0 Å². The Balaban J connectivity index is 1.65. The zero-order valence-corrected chi connectivity index (χ0v) is 15.0. The lowest BCUT2D eigenvalue weighted by atomic mass is 10.0. The van der Waals surface area contributed by atoms with Crippen LogP contribution >= 0.6 is 0 Å². The van der Waals surface area contributed by atoms with Gasteiger partial charge in [0.2, 0.25) is 5.91 Å². The second kappa shape index (κ2) is 7.70. The molecule has 3 rings (SSSR count). The van der Waals surface area contributed by atoms with E-state index in [-0.39, 0.29) is 17.3 Å². The quantitative estimate of drug-likeness (QED) is 0.633. The Labute approximate surface area is 154 Å². The van der Waals surface area contributed by atoms with E-state index in [4.69, 9.17) is 0 Å². The van der Waals surface area contributed by atoms with Crippen molar-refractivity contribution in [1.82, 2.24) is 10.3 Å². The number of rotatable bonds is 5. The van der Waals surface area contributed by atoms with Gasteiger partial charge in [-0.25, -0.2) is 13.2 Å². The molecular formula is C21H19F3N2O. The molecule has 0 unspecified atom stereocenters. The summed E-state index contributed by atoms with van der Waals surface area (Å²) >= 11 is 0. The molecule has 1 aromatic heterocycles. The van der Waals surface area contributed by atoms with E-state index in [1.165, 1.54) is 24.3 Å². The molecule has 0 aliphatic carbocycles. The van der Waals surface area contributed by atoms with Gasteiger partial charge in [-0.2, -0.15) is 0 Å². The lowest BCUT2D eigenvalue weighted by Crippen LogP contribution is -2.23. The first-order valence-electron chi connectivity index (χ1n) is 8.54. The van der Waals surface area contributed by atoms with E-state index in [1.54, 1.807) is 6.07 Å². The van der Waals surface area contributed by atoms with Crippen molar-refractivity contribution in [2.24, 2.45) is 0 Å². The predicted molar refractivity (Wildman–Crippen MR) is 99.8 cm³/mol.